The molecule has 1 aliphatic heterocycles. The third-order valence-electron chi connectivity index (χ3n) is 4.47. The van der Waals surface area contributed by atoms with Gasteiger partial charge in [0.1, 0.15) is 0 Å². The summed E-state index contributed by atoms with van der Waals surface area (Å²) >= 11 is 0. The lowest BCUT2D eigenvalue weighted by Gasteiger charge is -2.39. The molecule has 4 heteroatoms. The second-order valence-electron chi connectivity index (χ2n) is 7.17. The van der Waals surface area contributed by atoms with Crippen molar-refractivity contribution in [1.82, 2.24) is 9.88 Å². The van der Waals surface area contributed by atoms with Gasteiger partial charge in [0, 0.05) is 36.5 Å². The van der Waals surface area contributed by atoms with Gasteiger partial charge in [-0.1, -0.05) is 18.2 Å². The monoisotopic (exact) mass is 324 g/mol. The maximum absolute atomic E-state index is 12.6. The van der Waals surface area contributed by atoms with E-state index in [0.29, 0.717) is 12.3 Å². The smallest absolute Gasteiger partial charge is 0.253 e. The Labute approximate surface area is 143 Å². The summed E-state index contributed by atoms with van der Waals surface area (Å²) in [4.78, 5) is 18.8. The topological polar surface area (TPSA) is 53.4 Å². The van der Waals surface area contributed by atoms with Crippen molar-refractivity contribution >= 4 is 5.91 Å². The molecule has 2 heterocycles. The number of nitrogens with zero attached hydrogens (tertiary/aromatic N) is 2. The number of hydrogen-bond donors (Lipinski definition) is 1. The minimum Gasteiger partial charge on any atom is -0.390 e. The van der Waals surface area contributed by atoms with E-state index in [0.717, 1.165) is 36.3 Å². The lowest BCUT2D eigenvalue weighted by atomic mass is 9.94. The molecule has 1 aliphatic rings. The number of pyridine rings is 1. The minimum absolute atomic E-state index is 0.0762. The third kappa shape index (κ3) is 4.01. The van der Waals surface area contributed by atoms with Crippen LogP contribution in [0.4, 0.5) is 0 Å². The maximum Gasteiger partial charge on any atom is 0.253 e. The molecule has 0 radical (unpaired) electrons. The largest absolute Gasteiger partial charge is 0.390 e. The van der Waals surface area contributed by atoms with Gasteiger partial charge in [-0.2, -0.15) is 0 Å². The molecule has 0 saturated carbocycles. The zero-order chi connectivity index (χ0) is 17.2. The van der Waals surface area contributed by atoms with Crippen LogP contribution in [0.15, 0.2) is 48.7 Å². The fraction of sp³-hybridized carbons (Fsp3) is 0.400. The second-order valence-corrected chi connectivity index (χ2v) is 7.17. The van der Waals surface area contributed by atoms with Crippen LogP contribution in [0.3, 0.4) is 0 Å². The van der Waals surface area contributed by atoms with Crippen molar-refractivity contribution in [3.8, 4) is 0 Å². The van der Waals surface area contributed by atoms with E-state index in [-0.39, 0.29) is 5.91 Å². The zero-order valence-corrected chi connectivity index (χ0v) is 14.3. The van der Waals surface area contributed by atoms with Gasteiger partial charge in [-0.25, -0.2) is 0 Å². The molecule has 126 valence electrons. The summed E-state index contributed by atoms with van der Waals surface area (Å²) in [5.74, 6) is 0.417. The number of aryl methyl sites for hydroxylation is 1. The van der Waals surface area contributed by atoms with Crippen LogP contribution in [-0.4, -0.2) is 39.6 Å². The molecule has 1 amide bonds. The molecule has 1 aromatic heterocycles. The molecule has 3 rings (SSSR count). The van der Waals surface area contributed by atoms with E-state index in [4.69, 9.17) is 0 Å². The van der Waals surface area contributed by atoms with Crippen molar-refractivity contribution in [3.05, 3.63) is 65.5 Å². The van der Waals surface area contributed by atoms with Gasteiger partial charge in [-0.15, -0.1) is 0 Å². The van der Waals surface area contributed by atoms with Gasteiger partial charge in [0.25, 0.3) is 5.91 Å². The highest BCUT2D eigenvalue weighted by Crippen LogP contribution is 2.27. The van der Waals surface area contributed by atoms with Gasteiger partial charge in [-0.05, 0) is 56.5 Å². The number of amides is 1. The Kier molecular flexibility index (Phi) is 4.67. The first-order valence-corrected chi connectivity index (χ1v) is 8.44. The molecule has 4 nitrogen and oxygen atoms in total. The Balaban J connectivity index is 1.60. The van der Waals surface area contributed by atoms with Gasteiger partial charge in [0.15, 0.2) is 0 Å². The highest BCUT2D eigenvalue weighted by Gasteiger charge is 2.32. The molecule has 1 fully saturated rings. The maximum atomic E-state index is 12.6. The summed E-state index contributed by atoms with van der Waals surface area (Å²) in [6.07, 6.45) is 3.24. The Morgan fingerprint density at radius 1 is 1.25 bits per heavy atom. The average Bonchev–Trinajstić information content (AvgIpc) is 2.52. The van der Waals surface area contributed by atoms with E-state index in [9.17, 15) is 9.90 Å². The first-order chi connectivity index (χ1) is 11.4. The van der Waals surface area contributed by atoms with Crippen LogP contribution < -0.4 is 0 Å². The zero-order valence-electron chi connectivity index (χ0n) is 14.3. The van der Waals surface area contributed by atoms with E-state index in [1.165, 1.54) is 0 Å². The van der Waals surface area contributed by atoms with Crippen molar-refractivity contribution in [2.75, 3.05) is 13.1 Å². The normalized spacial score (nSPS) is 15.2. The summed E-state index contributed by atoms with van der Waals surface area (Å²) in [6.45, 7) is 5.06. The van der Waals surface area contributed by atoms with E-state index in [2.05, 4.69) is 4.98 Å². The summed E-state index contributed by atoms with van der Waals surface area (Å²) in [5.41, 5.74) is 2.18. The molecule has 1 aromatic carbocycles. The molecule has 0 unspecified atom stereocenters. The van der Waals surface area contributed by atoms with Crippen LogP contribution >= 0.6 is 0 Å². The number of rotatable bonds is 5. The first-order valence-electron chi connectivity index (χ1n) is 8.44. The van der Waals surface area contributed by atoms with E-state index in [1.54, 1.807) is 20.0 Å². The highest BCUT2D eigenvalue weighted by atomic mass is 16.3. The number of carbonyl (C=O) groups excluding carboxylic acids is 1. The Morgan fingerprint density at radius 2 is 2.04 bits per heavy atom. The van der Waals surface area contributed by atoms with Gasteiger partial charge in [0.05, 0.1) is 5.60 Å². The lowest BCUT2D eigenvalue weighted by Crippen LogP contribution is -2.48. The predicted molar refractivity (Wildman–Crippen MR) is 93.9 cm³/mol. The van der Waals surface area contributed by atoms with Gasteiger partial charge >= 0.3 is 0 Å². The summed E-state index contributed by atoms with van der Waals surface area (Å²) in [6, 6.07) is 13.7. The van der Waals surface area contributed by atoms with E-state index >= 15 is 0 Å². The number of likely N-dealkylation sites (tertiary alicyclic amines) is 1. The van der Waals surface area contributed by atoms with Crippen LogP contribution in [-0.2, 0) is 6.42 Å². The van der Waals surface area contributed by atoms with Crippen molar-refractivity contribution in [2.24, 2.45) is 0 Å². The number of hydrogen-bond acceptors (Lipinski definition) is 3. The van der Waals surface area contributed by atoms with Crippen molar-refractivity contribution in [2.45, 2.75) is 38.2 Å². The molecule has 1 saturated heterocycles. The van der Waals surface area contributed by atoms with E-state index in [1.807, 2.05) is 47.4 Å². The standard InChI is InChI=1S/C20H24N2O2/c1-20(2,24)10-9-15-6-5-7-16(12-15)19(23)22-13-17(14-22)18-8-3-4-11-21-18/h3-8,11-12,17,24H,9-10,13-14H2,1-2H3. The second kappa shape index (κ2) is 6.73. The molecule has 0 spiro atoms. The SMILES string of the molecule is CC(C)(O)CCc1cccc(C(=O)N2CC(c3ccccn3)C2)c1. The molecule has 24 heavy (non-hydrogen) atoms. The molecular weight excluding hydrogens is 300 g/mol. The lowest BCUT2D eigenvalue weighted by molar-refractivity contribution is 0.0598. The van der Waals surface area contributed by atoms with Gasteiger partial charge in [0.2, 0.25) is 0 Å². The predicted octanol–water partition coefficient (Wildman–Crippen LogP) is 3.02. The summed E-state index contributed by atoms with van der Waals surface area (Å²) in [5, 5.41) is 9.85. The fourth-order valence-electron chi connectivity index (χ4n) is 2.94. The number of aliphatic hydroxyl groups is 1. The quantitative estimate of drug-likeness (QED) is 0.920. The highest BCUT2D eigenvalue weighted by molar-refractivity contribution is 5.95. The van der Waals surface area contributed by atoms with Crippen LogP contribution in [0.1, 0.15) is 47.8 Å². The molecule has 0 bridgehead atoms. The minimum atomic E-state index is -0.687. The number of aromatic nitrogens is 1. The fourth-order valence-corrected chi connectivity index (χ4v) is 2.94. The molecule has 0 atom stereocenters. The van der Waals surface area contributed by atoms with Crippen LogP contribution in [0.5, 0.6) is 0 Å². The van der Waals surface area contributed by atoms with Gasteiger partial charge in [-0.3, -0.25) is 9.78 Å². The first kappa shape index (κ1) is 16.7. The number of carbonyl (C=O) groups is 1. The van der Waals surface area contributed by atoms with E-state index < -0.39 is 5.60 Å². The molecular formula is C20H24N2O2. The summed E-state index contributed by atoms with van der Waals surface area (Å²) < 4.78 is 0. The van der Waals surface area contributed by atoms with Crippen molar-refractivity contribution in [3.63, 3.8) is 0 Å². The summed E-state index contributed by atoms with van der Waals surface area (Å²) in [7, 11) is 0. The molecule has 2 aromatic rings. The Morgan fingerprint density at radius 3 is 2.71 bits per heavy atom. The Hall–Kier alpha value is -2.20. The average molecular weight is 324 g/mol. The molecule has 1 N–H and O–H groups in total. The number of benzene rings is 1. The third-order valence-corrected chi connectivity index (χ3v) is 4.47. The van der Waals surface area contributed by atoms with Crippen LogP contribution in [0.2, 0.25) is 0 Å². The Bertz CT molecular complexity index is 701. The van der Waals surface area contributed by atoms with Gasteiger partial charge < -0.3 is 10.0 Å². The van der Waals surface area contributed by atoms with Crippen LogP contribution in [0.25, 0.3) is 0 Å². The molecule has 0 aliphatic carbocycles. The van der Waals surface area contributed by atoms with Crippen molar-refractivity contribution < 1.29 is 9.90 Å². The van der Waals surface area contributed by atoms with Crippen LogP contribution in [0, 0.1) is 0 Å². The van der Waals surface area contributed by atoms with Crippen molar-refractivity contribution in [1.29, 1.82) is 0 Å².